The summed E-state index contributed by atoms with van der Waals surface area (Å²) in [6.45, 7) is 6.12. The van der Waals surface area contributed by atoms with Crippen LogP contribution in [0.25, 0.3) is 0 Å². The third kappa shape index (κ3) is 16.1. The van der Waals surface area contributed by atoms with E-state index in [1.165, 1.54) is 69.2 Å². The first kappa shape index (κ1) is 28.4. The van der Waals surface area contributed by atoms with Gasteiger partial charge in [-0.05, 0) is 0 Å². The van der Waals surface area contributed by atoms with Crippen molar-refractivity contribution in [2.24, 2.45) is 0 Å². The average Bonchev–Trinajstić information content (AvgIpc) is 2.76. The quantitative estimate of drug-likeness (QED) is 0.116. The van der Waals surface area contributed by atoms with Crippen LogP contribution in [0, 0.1) is 0 Å². The summed E-state index contributed by atoms with van der Waals surface area (Å²) in [6, 6.07) is 5.87. The number of hydrogen-bond acceptors (Lipinski definition) is 3. The van der Waals surface area contributed by atoms with Gasteiger partial charge in [0.1, 0.15) is 0 Å². The van der Waals surface area contributed by atoms with Crippen molar-refractivity contribution < 1.29 is 14.6 Å². The van der Waals surface area contributed by atoms with E-state index < -0.39 is 0 Å². The first-order valence-corrected chi connectivity index (χ1v) is 18.5. The second-order valence-electron chi connectivity index (χ2n) is 7.72. The molecule has 0 radical (unpaired) electrons. The van der Waals surface area contributed by atoms with E-state index in [4.69, 9.17) is 9.47 Å². The van der Waals surface area contributed by atoms with Gasteiger partial charge in [-0.2, -0.15) is 0 Å². The molecule has 0 atom stereocenters. The Morgan fingerprint density at radius 2 is 1.10 bits per heavy atom. The summed E-state index contributed by atoms with van der Waals surface area (Å²) in [5, 5.41) is 9.55. The number of aliphatic hydroxyl groups is 1. The summed E-state index contributed by atoms with van der Waals surface area (Å²) in [5.74, 6) is 1.68. The molecule has 0 fully saturated rings. The molecule has 5 heteroatoms. The average molecular weight is 648 g/mol. The van der Waals surface area contributed by atoms with E-state index in [9.17, 15) is 5.11 Å². The number of aliphatic hydroxyl groups excluding tert-OH is 1. The molecule has 0 heterocycles. The summed E-state index contributed by atoms with van der Waals surface area (Å²) >= 11 is 0.348. The van der Waals surface area contributed by atoms with Crippen molar-refractivity contribution in [2.75, 3.05) is 13.2 Å². The number of unbranched alkanes of at least 4 members (excludes halogenated alkanes) is 6. The van der Waals surface area contributed by atoms with Crippen LogP contribution in [-0.4, -0.2) is 60.2 Å². The monoisotopic (exact) mass is 652 g/mol. The Bertz CT molecular complexity index is 471. The van der Waals surface area contributed by atoms with Gasteiger partial charge in [0.25, 0.3) is 0 Å². The van der Waals surface area contributed by atoms with E-state index in [-0.39, 0.29) is 48.5 Å². The summed E-state index contributed by atoms with van der Waals surface area (Å²) in [6.07, 6.45) is 13.4. The number of ether oxygens (including phenoxy) is 2. The van der Waals surface area contributed by atoms with Crippen LogP contribution in [0.1, 0.15) is 83.6 Å². The molecular formula is C25H44O3Te2. The van der Waals surface area contributed by atoms with E-state index >= 15 is 0 Å². The predicted molar refractivity (Wildman–Crippen MR) is 132 cm³/mol. The second-order valence-corrected chi connectivity index (χ2v) is 14.7. The van der Waals surface area contributed by atoms with Crippen LogP contribution in [-0.2, 0) is 6.61 Å². The maximum atomic E-state index is 9.55. The molecule has 1 aromatic carbocycles. The Balaban J connectivity index is 2.17. The maximum absolute atomic E-state index is 9.55. The molecule has 1 rings (SSSR count). The molecule has 1 N–H and O–H groups in total. The molecule has 0 bridgehead atoms. The molecule has 0 saturated carbocycles. The third-order valence-corrected chi connectivity index (χ3v) is 11.4. The second kappa shape index (κ2) is 21.2. The molecule has 0 amide bonds. The Morgan fingerprint density at radius 3 is 1.53 bits per heavy atom. The molecular weight excluding hydrogens is 603 g/mol. The van der Waals surface area contributed by atoms with Gasteiger partial charge >= 0.3 is 207 Å². The minimum absolute atomic E-state index is 0.0298. The van der Waals surface area contributed by atoms with Gasteiger partial charge in [-0.15, -0.1) is 0 Å². The van der Waals surface area contributed by atoms with Crippen LogP contribution in [0.15, 0.2) is 18.2 Å². The van der Waals surface area contributed by atoms with Crippen molar-refractivity contribution in [3.05, 3.63) is 23.8 Å². The molecule has 3 nitrogen and oxygen atoms in total. The van der Waals surface area contributed by atoms with Crippen LogP contribution >= 0.6 is 0 Å². The summed E-state index contributed by atoms with van der Waals surface area (Å²) in [4.78, 5) is 0. The van der Waals surface area contributed by atoms with Crippen LogP contribution in [0.2, 0.25) is 17.9 Å². The van der Waals surface area contributed by atoms with Gasteiger partial charge in [-0.25, -0.2) is 0 Å². The Hall–Kier alpha value is 0.359. The van der Waals surface area contributed by atoms with Gasteiger partial charge in [0.05, 0.1) is 0 Å². The van der Waals surface area contributed by atoms with Gasteiger partial charge in [0, 0.05) is 0 Å². The Labute approximate surface area is 206 Å². The molecule has 1 aromatic rings. The molecule has 30 heavy (non-hydrogen) atoms. The van der Waals surface area contributed by atoms with E-state index in [1.807, 2.05) is 18.2 Å². The van der Waals surface area contributed by atoms with Gasteiger partial charge in [0.15, 0.2) is 0 Å². The topological polar surface area (TPSA) is 38.7 Å². The van der Waals surface area contributed by atoms with E-state index in [0.717, 1.165) is 43.1 Å². The summed E-state index contributed by atoms with van der Waals surface area (Å²) in [5.41, 5.74) is 0.872. The molecule has 0 aliphatic rings. The van der Waals surface area contributed by atoms with Crippen molar-refractivity contribution in [3.63, 3.8) is 0 Å². The van der Waals surface area contributed by atoms with Crippen LogP contribution in [0.4, 0.5) is 0 Å². The molecule has 174 valence electrons. The van der Waals surface area contributed by atoms with Crippen molar-refractivity contribution >= 4 is 41.8 Å². The molecule has 0 saturated heterocycles. The molecule has 0 unspecified atom stereocenters. The Kier molecular flexibility index (Phi) is 20.1. The van der Waals surface area contributed by atoms with Gasteiger partial charge in [0.2, 0.25) is 0 Å². The molecule has 0 aliphatic heterocycles. The number of benzene rings is 1. The fraction of sp³-hybridized carbons (Fsp3) is 0.760. The van der Waals surface area contributed by atoms with E-state index in [1.54, 1.807) is 0 Å². The van der Waals surface area contributed by atoms with Crippen LogP contribution < -0.4 is 9.47 Å². The van der Waals surface area contributed by atoms with E-state index in [0.29, 0.717) is 0 Å². The fourth-order valence-electron chi connectivity index (χ4n) is 3.06. The SMILES string of the molecule is CCCCCC[Te]CCCOc1cc(CO)cc(OCCC[Te]CCCCCC)c1. The fourth-order valence-corrected chi connectivity index (χ4v) is 8.39. The molecule has 0 aliphatic carbocycles. The predicted octanol–water partition coefficient (Wildman–Crippen LogP) is 6.96. The minimum atomic E-state index is 0.0298. The standard InChI is InChI=1S/C25H44O3Te2/c1-3-5-7-9-15-29-17-11-13-27-24-19-23(22-26)20-25(21-24)28-14-12-18-30-16-10-8-6-4-2/h19-21,26H,3-18,22H2,1-2H3. The normalized spacial score (nSPS) is 11.0. The number of rotatable bonds is 21. The van der Waals surface area contributed by atoms with E-state index in [2.05, 4.69) is 13.8 Å². The third-order valence-electron chi connectivity index (χ3n) is 4.81. The van der Waals surface area contributed by atoms with Crippen molar-refractivity contribution in [1.29, 1.82) is 0 Å². The summed E-state index contributed by atoms with van der Waals surface area (Å²) in [7, 11) is 0. The van der Waals surface area contributed by atoms with Crippen LogP contribution in [0.3, 0.4) is 0 Å². The van der Waals surface area contributed by atoms with Crippen molar-refractivity contribution in [1.82, 2.24) is 0 Å². The Morgan fingerprint density at radius 1 is 0.633 bits per heavy atom. The van der Waals surface area contributed by atoms with Gasteiger partial charge < -0.3 is 0 Å². The number of hydrogen-bond donors (Lipinski definition) is 1. The zero-order valence-electron chi connectivity index (χ0n) is 19.3. The van der Waals surface area contributed by atoms with Crippen molar-refractivity contribution in [3.8, 4) is 11.5 Å². The van der Waals surface area contributed by atoms with Gasteiger partial charge in [-0.1, -0.05) is 0 Å². The molecule has 0 aromatic heterocycles. The zero-order valence-corrected chi connectivity index (χ0v) is 24.0. The summed E-state index contributed by atoms with van der Waals surface area (Å²) < 4.78 is 17.6. The molecule has 0 spiro atoms. The first-order valence-electron chi connectivity index (χ1n) is 12.0. The van der Waals surface area contributed by atoms with Gasteiger partial charge in [-0.3, -0.25) is 0 Å². The van der Waals surface area contributed by atoms with Crippen LogP contribution in [0.5, 0.6) is 11.5 Å². The zero-order chi connectivity index (χ0) is 21.7. The first-order chi connectivity index (χ1) is 14.8. The van der Waals surface area contributed by atoms with Crippen molar-refractivity contribution in [2.45, 2.75) is 103 Å².